The zero-order valence-corrected chi connectivity index (χ0v) is 10.2. The zero-order valence-electron chi connectivity index (χ0n) is 10.2. The minimum Gasteiger partial charge on any atom is -0.384 e. The molecular formula is C14H17NO2. The molecule has 0 heterocycles. The van der Waals surface area contributed by atoms with E-state index >= 15 is 0 Å². The van der Waals surface area contributed by atoms with Gasteiger partial charge in [0.1, 0.15) is 6.61 Å². The van der Waals surface area contributed by atoms with Crippen molar-refractivity contribution in [1.82, 2.24) is 0 Å². The molecule has 0 spiro atoms. The van der Waals surface area contributed by atoms with Gasteiger partial charge in [-0.25, -0.2) is 0 Å². The highest BCUT2D eigenvalue weighted by Gasteiger charge is 2.09. The van der Waals surface area contributed by atoms with E-state index in [9.17, 15) is 4.79 Å². The summed E-state index contributed by atoms with van der Waals surface area (Å²) in [6, 6.07) is 7.24. The molecule has 0 bridgehead atoms. The van der Waals surface area contributed by atoms with E-state index < -0.39 is 0 Å². The molecule has 1 aromatic rings. The van der Waals surface area contributed by atoms with Crippen LogP contribution >= 0.6 is 0 Å². The molecule has 0 saturated carbocycles. The van der Waals surface area contributed by atoms with Crippen molar-refractivity contribution in [2.45, 2.75) is 20.3 Å². The largest absolute Gasteiger partial charge is 0.384 e. The molecule has 1 amide bonds. The molecule has 0 aliphatic heterocycles. The minimum absolute atomic E-state index is 0.0175. The van der Waals surface area contributed by atoms with Gasteiger partial charge in [0, 0.05) is 17.2 Å². The number of aliphatic hydroxyl groups is 1. The molecule has 0 aliphatic rings. The van der Waals surface area contributed by atoms with Crippen LogP contribution < -0.4 is 5.32 Å². The van der Waals surface area contributed by atoms with Crippen LogP contribution in [0.2, 0.25) is 0 Å². The van der Waals surface area contributed by atoms with E-state index in [1.807, 2.05) is 38.1 Å². The first-order valence-corrected chi connectivity index (χ1v) is 5.68. The molecule has 0 fully saturated rings. The second-order valence-electron chi connectivity index (χ2n) is 3.84. The summed E-state index contributed by atoms with van der Waals surface area (Å²) >= 11 is 0. The summed E-state index contributed by atoms with van der Waals surface area (Å²) in [4.78, 5) is 11.6. The van der Waals surface area contributed by atoms with Crippen LogP contribution in [-0.4, -0.2) is 17.6 Å². The van der Waals surface area contributed by atoms with Gasteiger partial charge in [-0.15, -0.1) is 0 Å². The van der Waals surface area contributed by atoms with Crippen LogP contribution in [-0.2, 0) is 4.79 Å². The third kappa shape index (κ3) is 4.29. The van der Waals surface area contributed by atoms with Crippen molar-refractivity contribution in [3.05, 3.63) is 29.8 Å². The fraction of sp³-hybridized carbons (Fsp3) is 0.357. The smallest absolute Gasteiger partial charge is 0.227 e. The average Bonchev–Trinajstić information content (AvgIpc) is 2.37. The number of amides is 1. The predicted octanol–water partition coefficient (Wildman–Crippen LogP) is 2.01. The van der Waals surface area contributed by atoms with E-state index in [1.165, 1.54) is 0 Å². The van der Waals surface area contributed by atoms with Gasteiger partial charge in [-0.2, -0.15) is 0 Å². The second-order valence-corrected chi connectivity index (χ2v) is 3.84. The number of aliphatic hydroxyl groups excluding tert-OH is 1. The fourth-order valence-electron chi connectivity index (χ4n) is 1.23. The summed E-state index contributed by atoms with van der Waals surface area (Å²) in [6.45, 7) is 3.74. The molecule has 3 heteroatoms. The lowest BCUT2D eigenvalue weighted by atomic mass is 10.1. The molecule has 0 aromatic heterocycles. The molecule has 1 aromatic carbocycles. The maximum atomic E-state index is 11.6. The van der Waals surface area contributed by atoms with Crippen LogP contribution in [0.15, 0.2) is 24.3 Å². The second kappa shape index (κ2) is 6.72. The molecule has 1 rings (SSSR count). The lowest BCUT2D eigenvalue weighted by molar-refractivity contribution is -0.119. The summed E-state index contributed by atoms with van der Waals surface area (Å²) in [7, 11) is 0. The quantitative estimate of drug-likeness (QED) is 0.782. The standard InChI is InChI=1S/C14H17NO2/c1-3-11(2)14(17)15-13-8-6-12(7-9-13)5-4-10-16/h6-9,11,16H,3,10H2,1-2H3,(H,15,17). The molecule has 3 nitrogen and oxygen atoms in total. The third-order valence-electron chi connectivity index (χ3n) is 2.52. The van der Waals surface area contributed by atoms with Crippen LogP contribution in [0.25, 0.3) is 0 Å². The van der Waals surface area contributed by atoms with Crippen molar-refractivity contribution in [2.75, 3.05) is 11.9 Å². The highest BCUT2D eigenvalue weighted by atomic mass is 16.2. The summed E-state index contributed by atoms with van der Waals surface area (Å²) in [5, 5.41) is 11.4. The van der Waals surface area contributed by atoms with E-state index in [0.29, 0.717) is 0 Å². The molecule has 17 heavy (non-hydrogen) atoms. The lowest BCUT2D eigenvalue weighted by Crippen LogP contribution is -2.19. The van der Waals surface area contributed by atoms with Gasteiger partial charge in [0.2, 0.25) is 5.91 Å². The Bertz CT molecular complexity index is 426. The van der Waals surface area contributed by atoms with Crippen LogP contribution in [0.3, 0.4) is 0 Å². The van der Waals surface area contributed by atoms with Gasteiger partial charge in [0.15, 0.2) is 0 Å². The van der Waals surface area contributed by atoms with Gasteiger partial charge >= 0.3 is 0 Å². The van der Waals surface area contributed by atoms with E-state index in [-0.39, 0.29) is 18.4 Å². The molecule has 0 aliphatic carbocycles. The monoisotopic (exact) mass is 231 g/mol. The summed E-state index contributed by atoms with van der Waals surface area (Å²) in [5.74, 6) is 5.41. The number of hydrogen-bond acceptors (Lipinski definition) is 2. The van der Waals surface area contributed by atoms with Crippen molar-refractivity contribution in [3.8, 4) is 11.8 Å². The highest BCUT2D eigenvalue weighted by molar-refractivity contribution is 5.92. The van der Waals surface area contributed by atoms with Crippen molar-refractivity contribution in [1.29, 1.82) is 0 Å². The van der Waals surface area contributed by atoms with E-state index in [1.54, 1.807) is 0 Å². The maximum absolute atomic E-state index is 11.6. The predicted molar refractivity (Wildman–Crippen MR) is 68.5 cm³/mol. The first-order chi connectivity index (χ1) is 8.17. The summed E-state index contributed by atoms with van der Waals surface area (Å²) in [6.07, 6.45) is 0.825. The number of nitrogens with one attached hydrogen (secondary N) is 1. The number of carbonyl (C=O) groups is 1. The normalized spacial score (nSPS) is 11.2. The molecule has 1 unspecified atom stereocenters. The zero-order chi connectivity index (χ0) is 12.7. The van der Waals surface area contributed by atoms with E-state index in [4.69, 9.17) is 5.11 Å². The molecule has 0 radical (unpaired) electrons. The van der Waals surface area contributed by atoms with Crippen molar-refractivity contribution in [2.24, 2.45) is 5.92 Å². The van der Waals surface area contributed by atoms with Gasteiger partial charge in [0.25, 0.3) is 0 Å². The van der Waals surface area contributed by atoms with Crippen molar-refractivity contribution >= 4 is 11.6 Å². The Morgan fingerprint density at radius 3 is 2.59 bits per heavy atom. The molecule has 90 valence electrons. The van der Waals surface area contributed by atoms with Gasteiger partial charge in [-0.05, 0) is 30.7 Å². The molecule has 1 atom stereocenters. The molecule has 2 N–H and O–H groups in total. The SMILES string of the molecule is CCC(C)C(=O)Nc1ccc(C#CCO)cc1. The van der Waals surface area contributed by atoms with E-state index in [0.717, 1.165) is 17.7 Å². The van der Waals surface area contributed by atoms with Crippen molar-refractivity contribution in [3.63, 3.8) is 0 Å². The molecular weight excluding hydrogens is 214 g/mol. The fourth-order valence-corrected chi connectivity index (χ4v) is 1.23. The average molecular weight is 231 g/mol. The number of hydrogen-bond donors (Lipinski definition) is 2. The Morgan fingerprint density at radius 2 is 2.06 bits per heavy atom. The van der Waals surface area contributed by atoms with Crippen LogP contribution in [0.4, 0.5) is 5.69 Å². The summed E-state index contributed by atoms with van der Waals surface area (Å²) in [5.41, 5.74) is 1.59. The van der Waals surface area contributed by atoms with Gasteiger partial charge in [0.05, 0.1) is 0 Å². The minimum atomic E-state index is -0.146. The Hall–Kier alpha value is -1.79. The van der Waals surface area contributed by atoms with Crippen LogP contribution in [0.1, 0.15) is 25.8 Å². The Kier molecular flexibility index (Phi) is 5.25. The Morgan fingerprint density at radius 1 is 1.41 bits per heavy atom. The number of rotatable bonds is 3. The Labute approximate surface area is 102 Å². The maximum Gasteiger partial charge on any atom is 0.227 e. The van der Waals surface area contributed by atoms with Crippen LogP contribution in [0.5, 0.6) is 0 Å². The lowest BCUT2D eigenvalue weighted by Gasteiger charge is -2.09. The number of anilines is 1. The first-order valence-electron chi connectivity index (χ1n) is 5.68. The van der Waals surface area contributed by atoms with Crippen molar-refractivity contribution < 1.29 is 9.90 Å². The van der Waals surface area contributed by atoms with Gasteiger partial charge in [-0.3, -0.25) is 4.79 Å². The summed E-state index contributed by atoms with van der Waals surface area (Å²) < 4.78 is 0. The van der Waals surface area contributed by atoms with Gasteiger partial charge in [-0.1, -0.05) is 25.7 Å². The Balaban J connectivity index is 2.65. The van der Waals surface area contributed by atoms with Crippen LogP contribution in [0, 0.1) is 17.8 Å². The third-order valence-corrected chi connectivity index (χ3v) is 2.52. The molecule has 0 saturated heterocycles. The highest BCUT2D eigenvalue weighted by Crippen LogP contribution is 2.11. The topological polar surface area (TPSA) is 49.3 Å². The number of carbonyl (C=O) groups excluding carboxylic acids is 1. The first kappa shape index (κ1) is 13.3. The van der Waals surface area contributed by atoms with Gasteiger partial charge < -0.3 is 10.4 Å². The van der Waals surface area contributed by atoms with E-state index in [2.05, 4.69) is 17.2 Å². The number of benzene rings is 1.